The quantitative estimate of drug-likeness (QED) is 0.718. The van der Waals surface area contributed by atoms with Crippen molar-refractivity contribution < 1.29 is 5.11 Å². The van der Waals surface area contributed by atoms with Crippen molar-refractivity contribution in [1.82, 2.24) is 15.1 Å². The van der Waals surface area contributed by atoms with Gasteiger partial charge < -0.3 is 10.4 Å². The molecular weight excluding hydrogens is 226 g/mol. The second-order valence-electron chi connectivity index (χ2n) is 3.94. The topological polar surface area (TPSA) is 50.1 Å². The van der Waals surface area contributed by atoms with Crippen LogP contribution in [0.25, 0.3) is 0 Å². The standard InChI is InChI=1S/C11H20ClN3O/c1-9-10(11(12)15(2)14-9)8-13-6-4-3-5-7-16/h13,16H,3-8H2,1-2H3. The first-order chi connectivity index (χ1) is 7.66. The first kappa shape index (κ1) is 13.5. The number of unbranched alkanes of at least 4 members (excludes halogenated alkanes) is 2. The molecule has 2 N–H and O–H groups in total. The van der Waals surface area contributed by atoms with Crippen molar-refractivity contribution in [3.63, 3.8) is 0 Å². The van der Waals surface area contributed by atoms with E-state index in [2.05, 4.69) is 10.4 Å². The van der Waals surface area contributed by atoms with Crippen LogP contribution in [-0.2, 0) is 13.6 Å². The van der Waals surface area contributed by atoms with Crippen molar-refractivity contribution in [1.29, 1.82) is 0 Å². The van der Waals surface area contributed by atoms with E-state index >= 15 is 0 Å². The van der Waals surface area contributed by atoms with E-state index in [9.17, 15) is 0 Å². The first-order valence-corrected chi connectivity index (χ1v) is 6.04. The summed E-state index contributed by atoms with van der Waals surface area (Å²) in [6, 6.07) is 0. The summed E-state index contributed by atoms with van der Waals surface area (Å²) < 4.78 is 1.69. The predicted octanol–water partition coefficient (Wildman–Crippen LogP) is 1.63. The van der Waals surface area contributed by atoms with Crippen molar-refractivity contribution in [3.8, 4) is 0 Å². The van der Waals surface area contributed by atoms with Gasteiger partial charge in [-0.15, -0.1) is 0 Å². The van der Waals surface area contributed by atoms with Gasteiger partial charge in [-0.3, -0.25) is 4.68 Å². The summed E-state index contributed by atoms with van der Waals surface area (Å²) >= 11 is 6.10. The van der Waals surface area contributed by atoms with Crippen molar-refractivity contribution in [2.75, 3.05) is 13.2 Å². The Bertz CT molecular complexity index is 325. The largest absolute Gasteiger partial charge is 0.396 e. The maximum absolute atomic E-state index is 8.63. The number of aromatic nitrogens is 2. The van der Waals surface area contributed by atoms with Gasteiger partial charge in [-0.1, -0.05) is 11.6 Å². The molecule has 0 aliphatic rings. The number of aliphatic hydroxyl groups excluding tert-OH is 1. The van der Waals surface area contributed by atoms with E-state index < -0.39 is 0 Å². The molecule has 5 heteroatoms. The molecule has 4 nitrogen and oxygen atoms in total. The van der Waals surface area contributed by atoms with E-state index in [1.54, 1.807) is 4.68 Å². The molecule has 1 aromatic rings. The molecule has 0 aromatic carbocycles. The van der Waals surface area contributed by atoms with Crippen LogP contribution in [-0.4, -0.2) is 28.0 Å². The monoisotopic (exact) mass is 245 g/mol. The first-order valence-electron chi connectivity index (χ1n) is 5.66. The molecular formula is C11H20ClN3O. The SMILES string of the molecule is Cc1nn(C)c(Cl)c1CNCCCCCO. The van der Waals surface area contributed by atoms with Gasteiger partial charge in [0.2, 0.25) is 0 Å². The summed E-state index contributed by atoms with van der Waals surface area (Å²) in [5.74, 6) is 0. The van der Waals surface area contributed by atoms with Crippen LogP contribution in [0.2, 0.25) is 5.15 Å². The Morgan fingerprint density at radius 1 is 1.38 bits per heavy atom. The number of aliphatic hydroxyl groups is 1. The number of halogens is 1. The lowest BCUT2D eigenvalue weighted by Gasteiger charge is -2.04. The lowest BCUT2D eigenvalue weighted by molar-refractivity contribution is 0.283. The summed E-state index contributed by atoms with van der Waals surface area (Å²) in [5, 5.41) is 16.9. The fourth-order valence-corrected chi connectivity index (χ4v) is 1.87. The number of aryl methyl sites for hydroxylation is 2. The number of nitrogens with one attached hydrogen (secondary N) is 1. The molecule has 16 heavy (non-hydrogen) atoms. The maximum atomic E-state index is 8.63. The van der Waals surface area contributed by atoms with Gasteiger partial charge in [0.05, 0.1) is 5.69 Å². The summed E-state index contributed by atoms with van der Waals surface area (Å²) in [6.45, 7) is 3.96. The Hall–Kier alpha value is -0.580. The van der Waals surface area contributed by atoms with Crippen molar-refractivity contribution >= 4 is 11.6 Å². The summed E-state index contributed by atoms with van der Waals surface area (Å²) in [7, 11) is 1.85. The molecule has 0 fully saturated rings. The molecule has 0 saturated heterocycles. The molecule has 92 valence electrons. The highest BCUT2D eigenvalue weighted by Gasteiger charge is 2.09. The Morgan fingerprint density at radius 3 is 2.69 bits per heavy atom. The van der Waals surface area contributed by atoms with E-state index in [0.29, 0.717) is 5.15 Å². The molecule has 0 atom stereocenters. The zero-order chi connectivity index (χ0) is 12.0. The van der Waals surface area contributed by atoms with Crippen LogP contribution in [0.1, 0.15) is 30.5 Å². The Labute approximate surface area is 102 Å². The van der Waals surface area contributed by atoms with E-state index in [0.717, 1.165) is 43.6 Å². The molecule has 0 bridgehead atoms. The predicted molar refractivity (Wildman–Crippen MR) is 65.6 cm³/mol. The van der Waals surface area contributed by atoms with Crippen LogP contribution in [0.15, 0.2) is 0 Å². The third-order valence-corrected chi connectivity index (χ3v) is 3.06. The van der Waals surface area contributed by atoms with Gasteiger partial charge in [-0.05, 0) is 32.7 Å². The van der Waals surface area contributed by atoms with Crippen molar-refractivity contribution in [2.24, 2.45) is 7.05 Å². The highest BCUT2D eigenvalue weighted by atomic mass is 35.5. The van der Waals surface area contributed by atoms with E-state index in [4.69, 9.17) is 16.7 Å². The number of hydrogen-bond donors (Lipinski definition) is 2. The third kappa shape index (κ3) is 3.77. The highest BCUT2D eigenvalue weighted by molar-refractivity contribution is 6.30. The molecule has 0 amide bonds. The molecule has 1 rings (SSSR count). The minimum Gasteiger partial charge on any atom is -0.396 e. The maximum Gasteiger partial charge on any atom is 0.131 e. The molecule has 0 aliphatic heterocycles. The lowest BCUT2D eigenvalue weighted by Crippen LogP contribution is -2.15. The molecule has 0 aliphatic carbocycles. The van der Waals surface area contributed by atoms with Crippen molar-refractivity contribution in [2.45, 2.75) is 32.7 Å². The molecule has 0 spiro atoms. The van der Waals surface area contributed by atoms with Crippen LogP contribution in [0.3, 0.4) is 0 Å². The van der Waals surface area contributed by atoms with Crippen LogP contribution in [0.5, 0.6) is 0 Å². The highest BCUT2D eigenvalue weighted by Crippen LogP contribution is 2.17. The molecule has 1 heterocycles. The van der Waals surface area contributed by atoms with Crippen LogP contribution in [0.4, 0.5) is 0 Å². The van der Waals surface area contributed by atoms with Gasteiger partial charge in [-0.25, -0.2) is 0 Å². The average molecular weight is 246 g/mol. The average Bonchev–Trinajstić information content (AvgIpc) is 2.49. The van der Waals surface area contributed by atoms with Gasteiger partial charge in [0.1, 0.15) is 5.15 Å². The second-order valence-corrected chi connectivity index (χ2v) is 4.30. The minimum absolute atomic E-state index is 0.285. The zero-order valence-electron chi connectivity index (χ0n) is 9.96. The minimum atomic E-state index is 0.285. The Morgan fingerprint density at radius 2 is 2.12 bits per heavy atom. The van der Waals surface area contributed by atoms with E-state index in [1.165, 1.54) is 0 Å². The Balaban J connectivity index is 2.26. The van der Waals surface area contributed by atoms with Crippen LogP contribution in [0, 0.1) is 6.92 Å². The molecule has 0 saturated carbocycles. The van der Waals surface area contributed by atoms with Gasteiger partial charge >= 0.3 is 0 Å². The van der Waals surface area contributed by atoms with Crippen LogP contribution < -0.4 is 5.32 Å². The van der Waals surface area contributed by atoms with Crippen LogP contribution >= 0.6 is 11.6 Å². The zero-order valence-corrected chi connectivity index (χ0v) is 10.7. The number of rotatable bonds is 7. The van der Waals surface area contributed by atoms with Gasteiger partial charge in [0.25, 0.3) is 0 Å². The third-order valence-electron chi connectivity index (χ3n) is 2.58. The number of hydrogen-bond acceptors (Lipinski definition) is 3. The summed E-state index contributed by atoms with van der Waals surface area (Å²) in [6.07, 6.45) is 3.02. The smallest absolute Gasteiger partial charge is 0.131 e. The van der Waals surface area contributed by atoms with E-state index in [-0.39, 0.29) is 6.61 Å². The lowest BCUT2D eigenvalue weighted by atomic mass is 10.2. The fraction of sp³-hybridized carbons (Fsp3) is 0.727. The van der Waals surface area contributed by atoms with Gasteiger partial charge in [0.15, 0.2) is 0 Å². The Kier molecular flexibility index (Phi) is 5.80. The second kappa shape index (κ2) is 6.89. The summed E-state index contributed by atoms with van der Waals surface area (Å²) in [4.78, 5) is 0. The fourth-order valence-electron chi connectivity index (χ4n) is 1.63. The van der Waals surface area contributed by atoms with Gasteiger partial charge in [0, 0.05) is 25.8 Å². The number of nitrogens with zero attached hydrogens (tertiary/aromatic N) is 2. The summed E-state index contributed by atoms with van der Waals surface area (Å²) in [5.41, 5.74) is 2.06. The molecule has 0 radical (unpaired) electrons. The molecule has 0 unspecified atom stereocenters. The van der Waals surface area contributed by atoms with Gasteiger partial charge in [-0.2, -0.15) is 5.10 Å². The normalized spacial score (nSPS) is 11.0. The molecule has 1 aromatic heterocycles. The van der Waals surface area contributed by atoms with E-state index in [1.807, 2.05) is 14.0 Å². The van der Waals surface area contributed by atoms with Crippen molar-refractivity contribution in [3.05, 3.63) is 16.4 Å².